The van der Waals surface area contributed by atoms with Crippen molar-refractivity contribution < 1.29 is 9.50 Å². The van der Waals surface area contributed by atoms with E-state index < -0.39 is 0 Å². The summed E-state index contributed by atoms with van der Waals surface area (Å²) in [5.74, 6) is 7.13. The molecule has 2 rings (SSSR count). The summed E-state index contributed by atoms with van der Waals surface area (Å²) in [5.41, 5.74) is 1.44. The molecule has 96 valence electrons. The Hall–Kier alpha value is -1.02. The van der Waals surface area contributed by atoms with Gasteiger partial charge in [-0.25, -0.2) is 4.39 Å². The summed E-state index contributed by atoms with van der Waals surface area (Å²) in [6, 6.07) is 5.04. The molecular formula is C14H16FNOS. The van der Waals surface area contributed by atoms with Gasteiger partial charge in [-0.1, -0.05) is 17.9 Å². The Bertz CT molecular complexity index is 461. The molecule has 18 heavy (non-hydrogen) atoms. The fraction of sp³-hybridized carbons (Fsp3) is 0.429. The third kappa shape index (κ3) is 3.74. The zero-order chi connectivity index (χ0) is 12.8. The van der Waals surface area contributed by atoms with Crippen molar-refractivity contribution in [1.82, 2.24) is 4.90 Å². The van der Waals surface area contributed by atoms with Gasteiger partial charge >= 0.3 is 0 Å². The van der Waals surface area contributed by atoms with E-state index in [-0.39, 0.29) is 12.4 Å². The van der Waals surface area contributed by atoms with E-state index in [1.165, 1.54) is 17.6 Å². The van der Waals surface area contributed by atoms with Crippen molar-refractivity contribution in [2.75, 3.05) is 31.2 Å². The van der Waals surface area contributed by atoms with Crippen molar-refractivity contribution in [3.05, 3.63) is 35.1 Å². The molecule has 0 spiro atoms. The third-order valence-corrected chi connectivity index (χ3v) is 3.79. The molecule has 2 nitrogen and oxygen atoms in total. The predicted octanol–water partition coefficient (Wildman–Crippen LogP) is 1.72. The monoisotopic (exact) mass is 265 g/mol. The molecular weight excluding hydrogens is 249 g/mol. The molecule has 4 heteroatoms. The molecule has 1 aliphatic rings. The molecule has 1 N–H and O–H groups in total. The van der Waals surface area contributed by atoms with E-state index >= 15 is 0 Å². The second-order valence-electron chi connectivity index (χ2n) is 4.16. The fourth-order valence-electron chi connectivity index (χ4n) is 1.92. The van der Waals surface area contributed by atoms with E-state index in [2.05, 4.69) is 16.7 Å². The van der Waals surface area contributed by atoms with E-state index in [1.54, 1.807) is 12.1 Å². The zero-order valence-corrected chi connectivity index (χ0v) is 11.0. The highest BCUT2D eigenvalue weighted by atomic mass is 32.2. The number of benzene rings is 1. The van der Waals surface area contributed by atoms with Gasteiger partial charge in [0, 0.05) is 31.1 Å². The average molecular weight is 265 g/mol. The van der Waals surface area contributed by atoms with Crippen LogP contribution in [0, 0.1) is 17.7 Å². The first-order chi connectivity index (χ1) is 8.79. The Morgan fingerprint density at radius 1 is 1.33 bits per heavy atom. The highest BCUT2D eigenvalue weighted by molar-refractivity contribution is 7.99. The van der Waals surface area contributed by atoms with Crippen molar-refractivity contribution in [3.8, 4) is 11.8 Å². The van der Waals surface area contributed by atoms with Crippen LogP contribution in [0.25, 0.3) is 0 Å². The zero-order valence-electron chi connectivity index (χ0n) is 10.2. The number of thioether (sulfide) groups is 1. The molecule has 0 radical (unpaired) electrons. The highest BCUT2D eigenvalue weighted by Crippen LogP contribution is 2.15. The van der Waals surface area contributed by atoms with Crippen molar-refractivity contribution in [2.45, 2.75) is 6.54 Å². The molecule has 1 aliphatic heterocycles. The minimum absolute atomic E-state index is 0.243. The molecule has 0 bridgehead atoms. The molecule has 0 aromatic heterocycles. The number of halogens is 1. The maximum absolute atomic E-state index is 13.5. The quantitative estimate of drug-likeness (QED) is 0.824. The van der Waals surface area contributed by atoms with E-state index in [0.29, 0.717) is 5.56 Å². The van der Waals surface area contributed by atoms with Gasteiger partial charge in [-0.15, -0.1) is 0 Å². The van der Waals surface area contributed by atoms with Crippen LogP contribution in [-0.2, 0) is 6.54 Å². The maximum atomic E-state index is 13.5. The summed E-state index contributed by atoms with van der Waals surface area (Å²) in [6.45, 7) is 2.76. The van der Waals surface area contributed by atoms with Gasteiger partial charge in [0.2, 0.25) is 0 Å². The largest absolute Gasteiger partial charge is 0.384 e. The van der Waals surface area contributed by atoms with Crippen LogP contribution in [0.1, 0.15) is 11.1 Å². The van der Waals surface area contributed by atoms with Crippen LogP contribution in [0.15, 0.2) is 18.2 Å². The van der Waals surface area contributed by atoms with Crippen molar-refractivity contribution in [1.29, 1.82) is 0 Å². The summed E-state index contributed by atoms with van der Waals surface area (Å²) in [6.07, 6.45) is 0. The molecule has 0 unspecified atom stereocenters. The number of hydrogen-bond donors (Lipinski definition) is 1. The van der Waals surface area contributed by atoms with Crippen LogP contribution in [0.4, 0.5) is 4.39 Å². The summed E-state index contributed by atoms with van der Waals surface area (Å²) < 4.78 is 13.5. The molecule has 0 amide bonds. The molecule has 0 saturated carbocycles. The average Bonchev–Trinajstić information content (AvgIpc) is 2.40. The number of nitrogens with zero attached hydrogens (tertiary/aromatic N) is 1. The maximum Gasteiger partial charge on any atom is 0.138 e. The second-order valence-corrected chi connectivity index (χ2v) is 5.39. The number of aliphatic hydroxyl groups is 1. The normalized spacial score (nSPS) is 16.1. The van der Waals surface area contributed by atoms with Crippen LogP contribution in [0.3, 0.4) is 0 Å². The van der Waals surface area contributed by atoms with Crippen LogP contribution in [0.2, 0.25) is 0 Å². The smallest absolute Gasteiger partial charge is 0.138 e. The van der Waals surface area contributed by atoms with Crippen LogP contribution >= 0.6 is 11.8 Å². The summed E-state index contributed by atoms with van der Waals surface area (Å²) >= 11 is 1.97. The molecule has 1 fully saturated rings. The van der Waals surface area contributed by atoms with Gasteiger partial charge in [0.05, 0.1) is 5.56 Å². The van der Waals surface area contributed by atoms with Gasteiger partial charge in [0.1, 0.15) is 12.4 Å². The number of aliphatic hydroxyl groups excluding tert-OH is 1. The standard InChI is InChI=1S/C14H16FNOS/c15-14-4-3-12(10-13(14)2-1-7-17)11-16-5-8-18-9-6-16/h3-4,10,17H,5-9,11H2. The Morgan fingerprint density at radius 3 is 2.83 bits per heavy atom. The summed E-state index contributed by atoms with van der Waals surface area (Å²) in [7, 11) is 0. The predicted molar refractivity (Wildman–Crippen MR) is 73.0 cm³/mol. The lowest BCUT2D eigenvalue weighted by atomic mass is 10.1. The first-order valence-electron chi connectivity index (χ1n) is 5.98. The molecule has 1 saturated heterocycles. The highest BCUT2D eigenvalue weighted by Gasteiger charge is 2.11. The van der Waals surface area contributed by atoms with Crippen molar-refractivity contribution >= 4 is 11.8 Å². The van der Waals surface area contributed by atoms with Gasteiger partial charge < -0.3 is 5.11 Å². The van der Waals surface area contributed by atoms with Gasteiger partial charge in [0.25, 0.3) is 0 Å². The van der Waals surface area contributed by atoms with Gasteiger partial charge in [-0.05, 0) is 17.7 Å². The third-order valence-electron chi connectivity index (χ3n) is 2.84. The second kappa shape index (κ2) is 6.79. The van der Waals surface area contributed by atoms with Crippen LogP contribution in [0.5, 0.6) is 0 Å². The van der Waals surface area contributed by atoms with E-state index in [9.17, 15) is 4.39 Å². The minimum Gasteiger partial charge on any atom is -0.384 e. The first-order valence-corrected chi connectivity index (χ1v) is 7.13. The molecule has 0 atom stereocenters. The molecule has 1 aromatic rings. The summed E-state index contributed by atoms with van der Waals surface area (Å²) in [5, 5.41) is 8.64. The Morgan fingerprint density at radius 2 is 2.11 bits per heavy atom. The van der Waals surface area contributed by atoms with E-state index in [0.717, 1.165) is 25.2 Å². The minimum atomic E-state index is -0.325. The lowest BCUT2D eigenvalue weighted by Crippen LogP contribution is -2.31. The van der Waals surface area contributed by atoms with Gasteiger partial charge in [-0.3, -0.25) is 4.90 Å². The molecule has 1 aromatic carbocycles. The van der Waals surface area contributed by atoms with E-state index in [1.807, 2.05) is 11.8 Å². The first kappa shape index (κ1) is 13.4. The number of rotatable bonds is 2. The molecule has 0 aliphatic carbocycles. The Labute approximate surface area is 111 Å². The lowest BCUT2D eigenvalue weighted by Gasteiger charge is -2.26. The number of hydrogen-bond acceptors (Lipinski definition) is 3. The van der Waals surface area contributed by atoms with Gasteiger partial charge in [0.15, 0.2) is 0 Å². The lowest BCUT2D eigenvalue weighted by molar-refractivity contribution is 0.294. The Kier molecular flexibility index (Phi) is 5.06. The summed E-state index contributed by atoms with van der Waals surface area (Å²) in [4.78, 5) is 2.37. The molecule has 1 heterocycles. The fourth-order valence-corrected chi connectivity index (χ4v) is 2.90. The van der Waals surface area contributed by atoms with Gasteiger partial charge in [-0.2, -0.15) is 11.8 Å². The van der Waals surface area contributed by atoms with Crippen molar-refractivity contribution in [2.24, 2.45) is 0 Å². The van der Waals surface area contributed by atoms with Crippen LogP contribution in [-0.4, -0.2) is 41.2 Å². The Balaban J connectivity index is 2.08. The topological polar surface area (TPSA) is 23.5 Å². The SMILES string of the molecule is OCC#Cc1cc(CN2CCSCC2)ccc1F. The van der Waals surface area contributed by atoms with Crippen LogP contribution < -0.4 is 0 Å². The van der Waals surface area contributed by atoms with E-state index in [4.69, 9.17) is 5.11 Å². The van der Waals surface area contributed by atoms with Crippen molar-refractivity contribution in [3.63, 3.8) is 0 Å².